The number of rotatable bonds is 0. The van der Waals surface area contributed by atoms with Gasteiger partial charge in [0, 0.05) is 12.3 Å². The molecule has 0 N–H and O–H groups in total. The first-order chi connectivity index (χ1) is 5.36. The number of carbonyl (C=O) groups is 1. The van der Waals surface area contributed by atoms with Crippen molar-refractivity contribution in [1.29, 1.82) is 0 Å². The third kappa shape index (κ3) is 0.646. The molecule has 3 saturated carbocycles. The largest absolute Gasteiger partial charge is 0.299 e. The molecule has 4 atom stereocenters. The Kier molecular flexibility index (Phi) is 1.06. The predicted molar refractivity (Wildman–Crippen MR) is 42.1 cm³/mol. The second-order valence-corrected chi connectivity index (χ2v) is 4.53. The van der Waals surface area contributed by atoms with E-state index in [1.807, 2.05) is 0 Å². The van der Waals surface area contributed by atoms with Crippen LogP contribution in [0.25, 0.3) is 0 Å². The minimum absolute atomic E-state index is 0.521. The van der Waals surface area contributed by atoms with Crippen LogP contribution in [0.15, 0.2) is 0 Å². The molecule has 1 heteroatoms. The zero-order chi connectivity index (χ0) is 7.42. The second kappa shape index (κ2) is 1.88. The molecule has 3 rings (SSSR count). The summed E-state index contributed by atoms with van der Waals surface area (Å²) in [6.45, 7) is 0. The van der Waals surface area contributed by atoms with Crippen LogP contribution in [0.3, 0.4) is 0 Å². The fourth-order valence-corrected chi connectivity index (χ4v) is 3.79. The van der Waals surface area contributed by atoms with Gasteiger partial charge in [-0.15, -0.1) is 0 Å². The molecule has 0 heterocycles. The number of Topliss-reactive ketones (excluding diaryl/α,β-unsaturated/α-hetero) is 1. The summed E-state index contributed by atoms with van der Waals surface area (Å²) in [5.74, 6) is 3.74. The minimum Gasteiger partial charge on any atom is -0.299 e. The molecule has 1 nitrogen and oxygen atoms in total. The maximum atomic E-state index is 11.4. The van der Waals surface area contributed by atoms with E-state index in [4.69, 9.17) is 0 Å². The normalized spacial score (nSPS) is 53.6. The maximum Gasteiger partial charge on any atom is 0.136 e. The highest BCUT2D eigenvalue weighted by Crippen LogP contribution is 2.57. The van der Waals surface area contributed by atoms with Gasteiger partial charge in [-0.25, -0.2) is 0 Å². The van der Waals surface area contributed by atoms with Crippen molar-refractivity contribution in [1.82, 2.24) is 0 Å². The fourth-order valence-electron chi connectivity index (χ4n) is 3.79. The monoisotopic (exact) mass is 150 g/mol. The molecular weight excluding hydrogens is 136 g/mol. The van der Waals surface area contributed by atoms with Crippen LogP contribution in [0.2, 0.25) is 0 Å². The van der Waals surface area contributed by atoms with E-state index in [9.17, 15) is 4.79 Å². The first-order valence-electron chi connectivity index (χ1n) is 4.89. The lowest BCUT2D eigenvalue weighted by atomic mass is 9.81. The molecule has 0 amide bonds. The molecule has 2 bridgehead atoms. The Labute approximate surface area is 67.2 Å². The topological polar surface area (TPSA) is 17.1 Å². The molecule has 3 aliphatic rings. The van der Waals surface area contributed by atoms with Crippen LogP contribution in [0.1, 0.15) is 32.1 Å². The average Bonchev–Trinajstić information content (AvgIpc) is 2.52. The van der Waals surface area contributed by atoms with E-state index in [0.717, 1.165) is 24.2 Å². The van der Waals surface area contributed by atoms with Gasteiger partial charge in [-0.3, -0.25) is 4.79 Å². The standard InChI is InChI=1S/C10H14O/c11-10-5-6-4-9(10)8-3-1-2-7(6)8/h6-9H,1-5H2/t6-,7+,8+,9-/m0/s1. The molecule has 0 radical (unpaired) electrons. The van der Waals surface area contributed by atoms with Crippen LogP contribution in [0.4, 0.5) is 0 Å². The zero-order valence-corrected chi connectivity index (χ0v) is 6.75. The van der Waals surface area contributed by atoms with Gasteiger partial charge in [-0.05, 0) is 37.0 Å². The maximum absolute atomic E-state index is 11.4. The molecule has 3 aliphatic carbocycles. The number of ketones is 1. The Hall–Kier alpha value is -0.330. The first-order valence-corrected chi connectivity index (χ1v) is 4.89. The van der Waals surface area contributed by atoms with Gasteiger partial charge in [0.1, 0.15) is 5.78 Å². The van der Waals surface area contributed by atoms with Gasteiger partial charge in [0.15, 0.2) is 0 Å². The lowest BCUT2D eigenvalue weighted by molar-refractivity contribution is -0.123. The Morgan fingerprint density at radius 1 is 1.18 bits per heavy atom. The minimum atomic E-state index is 0.521. The van der Waals surface area contributed by atoms with E-state index in [1.165, 1.54) is 25.7 Å². The third-order valence-corrected chi connectivity index (χ3v) is 4.18. The highest BCUT2D eigenvalue weighted by Gasteiger charge is 2.53. The quantitative estimate of drug-likeness (QED) is 0.516. The van der Waals surface area contributed by atoms with Gasteiger partial charge in [0.05, 0.1) is 0 Å². The van der Waals surface area contributed by atoms with Crippen LogP contribution in [0, 0.1) is 23.7 Å². The molecular formula is C10H14O. The molecule has 3 fully saturated rings. The van der Waals surface area contributed by atoms with Crippen molar-refractivity contribution in [2.24, 2.45) is 23.7 Å². The number of hydrogen-bond donors (Lipinski definition) is 0. The molecule has 11 heavy (non-hydrogen) atoms. The Morgan fingerprint density at radius 3 is 2.91 bits per heavy atom. The Balaban J connectivity index is 1.95. The smallest absolute Gasteiger partial charge is 0.136 e. The van der Waals surface area contributed by atoms with E-state index in [0.29, 0.717) is 11.7 Å². The van der Waals surface area contributed by atoms with Gasteiger partial charge >= 0.3 is 0 Å². The lowest BCUT2D eigenvalue weighted by Gasteiger charge is -2.22. The van der Waals surface area contributed by atoms with E-state index in [2.05, 4.69) is 0 Å². The van der Waals surface area contributed by atoms with Gasteiger partial charge in [-0.2, -0.15) is 0 Å². The SMILES string of the molecule is O=C1C[C@@H]2C[C@H]1[C@@H]1CCC[C@H]21. The average molecular weight is 150 g/mol. The summed E-state index contributed by atoms with van der Waals surface area (Å²) in [6.07, 6.45) is 6.38. The lowest BCUT2D eigenvalue weighted by Crippen LogP contribution is -2.23. The number of hydrogen-bond acceptors (Lipinski definition) is 1. The second-order valence-electron chi connectivity index (χ2n) is 4.53. The fraction of sp³-hybridized carbons (Fsp3) is 0.900. The van der Waals surface area contributed by atoms with Gasteiger partial charge in [0.25, 0.3) is 0 Å². The van der Waals surface area contributed by atoms with E-state index >= 15 is 0 Å². The Bertz CT molecular complexity index is 209. The third-order valence-electron chi connectivity index (χ3n) is 4.18. The molecule has 0 saturated heterocycles. The van der Waals surface area contributed by atoms with Crippen molar-refractivity contribution < 1.29 is 4.79 Å². The summed E-state index contributed by atoms with van der Waals surface area (Å²) in [6, 6.07) is 0. The van der Waals surface area contributed by atoms with Crippen LogP contribution in [-0.4, -0.2) is 5.78 Å². The molecule has 0 aromatic rings. The first kappa shape index (κ1) is 6.22. The summed E-state index contributed by atoms with van der Waals surface area (Å²) in [7, 11) is 0. The number of carbonyl (C=O) groups excluding carboxylic acids is 1. The molecule has 0 aromatic heterocycles. The van der Waals surface area contributed by atoms with Crippen LogP contribution in [0.5, 0.6) is 0 Å². The van der Waals surface area contributed by atoms with Crippen molar-refractivity contribution in [3.8, 4) is 0 Å². The zero-order valence-electron chi connectivity index (χ0n) is 6.75. The van der Waals surface area contributed by atoms with E-state index < -0.39 is 0 Å². The van der Waals surface area contributed by atoms with Crippen molar-refractivity contribution in [3.05, 3.63) is 0 Å². The van der Waals surface area contributed by atoms with E-state index in [-0.39, 0.29) is 0 Å². The predicted octanol–water partition coefficient (Wildman–Crippen LogP) is 2.01. The van der Waals surface area contributed by atoms with Crippen LogP contribution in [-0.2, 0) is 4.79 Å². The van der Waals surface area contributed by atoms with Crippen molar-refractivity contribution in [3.63, 3.8) is 0 Å². The molecule has 0 spiro atoms. The molecule has 0 aliphatic heterocycles. The molecule has 0 unspecified atom stereocenters. The van der Waals surface area contributed by atoms with Gasteiger partial charge in [0.2, 0.25) is 0 Å². The van der Waals surface area contributed by atoms with E-state index in [1.54, 1.807) is 0 Å². The summed E-state index contributed by atoms with van der Waals surface area (Å²) >= 11 is 0. The van der Waals surface area contributed by atoms with Crippen LogP contribution < -0.4 is 0 Å². The van der Waals surface area contributed by atoms with Gasteiger partial charge < -0.3 is 0 Å². The molecule has 60 valence electrons. The van der Waals surface area contributed by atoms with Crippen molar-refractivity contribution in [2.75, 3.05) is 0 Å². The highest BCUT2D eigenvalue weighted by atomic mass is 16.1. The molecule has 0 aromatic carbocycles. The summed E-state index contributed by atoms with van der Waals surface area (Å²) in [4.78, 5) is 11.4. The summed E-state index contributed by atoms with van der Waals surface area (Å²) in [5, 5.41) is 0. The summed E-state index contributed by atoms with van der Waals surface area (Å²) < 4.78 is 0. The highest BCUT2D eigenvalue weighted by molar-refractivity contribution is 5.85. The van der Waals surface area contributed by atoms with Crippen molar-refractivity contribution >= 4 is 5.78 Å². The summed E-state index contributed by atoms with van der Waals surface area (Å²) in [5.41, 5.74) is 0. The van der Waals surface area contributed by atoms with Gasteiger partial charge in [-0.1, -0.05) is 6.42 Å². The number of fused-ring (bicyclic) bond motifs is 5. The van der Waals surface area contributed by atoms with Crippen LogP contribution >= 0.6 is 0 Å². The Morgan fingerprint density at radius 2 is 2.00 bits per heavy atom. The van der Waals surface area contributed by atoms with Crippen molar-refractivity contribution in [2.45, 2.75) is 32.1 Å².